The average molecular weight is 255 g/mol. The summed E-state index contributed by atoms with van der Waals surface area (Å²) < 4.78 is 24.5. The van der Waals surface area contributed by atoms with E-state index in [0.717, 1.165) is 0 Å². The van der Waals surface area contributed by atoms with Gasteiger partial charge >= 0.3 is 0 Å². The van der Waals surface area contributed by atoms with Gasteiger partial charge < -0.3 is 15.2 Å². The number of ether oxygens (including phenoxy) is 2. The molecule has 0 fully saturated rings. The lowest BCUT2D eigenvalue weighted by Crippen LogP contribution is -2.21. The van der Waals surface area contributed by atoms with Gasteiger partial charge in [-0.1, -0.05) is 19.1 Å². The van der Waals surface area contributed by atoms with E-state index in [-0.39, 0.29) is 11.7 Å². The lowest BCUT2D eigenvalue weighted by atomic mass is 10.00. The summed E-state index contributed by atoms with van der Waals surface area (Å²) in [6.07, 6.45) is 0.470. The molecule has 0 saturated heterocycles. The number of benzene rings is 1. The van der Waals surface area contributed by atoms with Crippen LogP contribution in [0.5, 0.6) is 11.5 Å². The Morgan fingerprint density at radius 2 is 2.00 bits per heavy atom. The summed E-state index contributed by atoms with van der Waals surface area (Å²) in [5.41, 5.74) is 6.08. The molecule has 1 aromatic rings. The van der Waals surface area contributed by atoms with Crippen LogP contribution in [0.15, 0.2) is 12.1 Å². The maximum absolute atomic E-state index is 13.8. The topological polar surface area (TPSA) is 44.5 Å². The van der Waals surface area contributed by atoms with Gasteiger partial charge in [0.05, 0.1) is 4.99 Å². The van der Waals surface area contributed by atoms with Gasteiger partial charge in [-0.2, -0.15) is 0 Å². The van der Waals surface area contributed by atoms with E-state index in [0.29, 0.717) is 41.7 Å². The van der Waals surface area contributed by atoms with Gasteiger partial charge in [0.1, 0.15) is 19.0 Å². The van der Waals surface area contributed by atoms with Crippen molar-refractivity contribution in [3.05, 3.63) is 23.5 Å². The predicted molar refractivity (Wildman–Crippen MR) is 67.0 cm³/mol. The van der Waals surface area contributed by atoms with Gasteiger partial charge in [-0.05, 0) is 18.1 Å². The SMILES string of the molecule is CC(Cc1cc2c(cc1F)OCCO2)C(N)=S. The monoisotopic (exact) mass is 255 g/mol. The first-order valence-corrected chi connectivity index (χ1v) is 5.86. The van der Waals surface area contributed by atoms with Crippen molar-refractivity contribution in [1.82, 2.24) is 0 Å². The minimum Gasteiger partial charge on any atom is -0.486 e. The van der Waals surface area contributed by atoms with Crippen molar-refractivity contribution in [2.45, 2.75) is 13.3 Å². The van der Waals surface area contributed by atoms with Crippen LogP contribution in [-0.2, 0) is 6.42 Å². The first-order chi connectivity index (χ1) is 8.08. The van der Waals surface area contributed by atoms with Crippen LogP contribution in [0.2, 0.25) is 0 Å². The molecule has 92 valence electrons. The molecular weight excluding hydrogens is 241 g/mol. The molecular formula is C12H14FNO2S. The zero-order valence-electron chi connectivity index (χ0n) is 9.53. The molecule has 0 amide bonds. The summed E-state index contributed by atoms with van der Waals surface area (Å²) in [5.74, 6) is 0.697. The Hall–Kier alpha value is -1.36. The smallest absolute Gasteiger partial charge is 0.164 e. The fraction of sp³-hybridized carbons (Fsp3) is 0.417. The second-order valence-corrected chi connectivity index (χ2v) is 4.57. The van der Waals surface area contributed by atoms with Crippen LogP contribution in [0.1, 0.15) is 12.5 Å². The van der Waals surface area contributed by atoms with Crippen molar-refractivity contribution in [2.24, 2.45) is 11.7 Å². The van der Waals surface area contributed by atoms with Crippen molar-refractivity contribution in [3.63, 3.8) is 0 Å². The van der Waals surface area contributed by atoms with Crippen molar-refractivity contribution >= 4 is 17.2 Å². The second-order valence-electron chi connectivity index (χ2n) is 4.09. The molecule has 0 saturated carbocycles. The van der Waals surface area contributed by atoms with Crippen molar-refractivity contribution in [2.75, 3.05) is 13.2 Å². The van der Waals surface area contributed by atoms with Gasteiger partial charge in [-0.3, -0.25) is 0 Å². The highest BCUT2D eigenvalue weighted by Gasteiger charge is 2.17. The highest BCUT2D eigenvalue weighted by Crippen LogP contribution is 2.33. The highest BCUT2D eigenvalue weighted by molar-refractivity contribution is 7.80. The molecule has 5 heteroatoms. The molecule has 0 aromatic heterocycles. The summed E-state index contributed by atoms with van der Waals surface area (Å²) in [5, 5.41) is 0. The Balaban J connectivity index is 2.25. The largest absolute Gasteiger partial charge is 0.486 e. The second kappa shape index (κ2) is 4.87. The molecule has 0 radical (unpaired) electrons. The summed E-state index contributed by atoms with van der Waals surface area (Å²) in [4.78, 5) is 0.388. The summed E-state index contributed by atoms with van der Waals surface area (Å²) in [6.45, 7) is 2.82. The molecule has 0 aliphatic carbocycles. The van der Waals surface area contributed by atoms with E-state index >= 15 is 0 Å². The summed E-state index contributed by atoms with van der Waals surface area (Å²) in [7, 11) is 0. The van der Waals surface area contributed by atoms with Gasteiger partial charge in [-0.15, -0.1) is 0 Å². The van der Waals surface area contributed by atoms with Crippen LogP contribution in [0.3, 0.4) is 0 Å². The first kappa shape index (κ1) is 12.1. The van der Waals surface area contributed by atoms with E-state index in [9.17, 15) is 4.39 Å². The predicted octanol–water partition coefficient (Wildman–Crippen LogP) is 2.06. The Morgan fingerprint density at radius 3 is 2.59 bits per heavy atom. The first-order valence-electron chi connectivity index (χ1n) is 5.45. The fourth-order valence-electron chi connectivity index (χ4n) is 1.69. The third kappa shape index (κ3) is 2.66. The molecule has 1 aliphatic rings. The van der Waals surface area contributed by atoms with Gasteiger partial charge in [0.15, 0.2) is 11.5 Å². The van der Waals surface area contributed by atoms with Crippen LogP contribution in [0.4, 0.5) is 4.39 Å². The molecule has 1 heterocycles. The lowest BCUT2D eigenvalue weighted by molar-refractivity contribution is 0.170. The van der Waals surface area contributed by atoms with Crippen LogP contribution < -0.4 is 15.2 Å². The van der Waals surface area contributed by atoms with Gasteiger partial charge in [-0.25, -0.2) is 4.39 Å². The number of hydrogen-bond donors (Lipinski definition) is 1. The minimum atomic E-state index is -0.308. The number of thiocarbonyl (C=S) groups is 1. The molecule has 17 heavy (non-hydrogen) atoms. The van der Waals surface area contributed by atoms with Gasteiger partial charge in [0, 0.05) is 12.0 Å². The van der Waals surface area contributed by atoms with Crippen LogP contribution in [0, 0.1) is 11.7 Å². The quantitative estimate of drug-likeness (QED) is 0.840. The van der Waals surface area contributed by atoms with Crippen LogP contribution in [-0.4, -0.2) is 18.2 Å². The van der Waals surface area contributed by atoms with Gasteiger partial charge in [0.25, 0.3) is 0 Å². The molecule has 1 aliphatic heterocycles. The molecule has 0 bridgehead atoms. The molecule has 3 nitrogen and oxygen atoms in total. The molecule has 1 atom stereocenters. The number of fused-ring (bicyclic) bond motifs is 1. The van der Waals surface area contributed by atoms with Crippen molar-refractivity contribution in [3.8, 4) is 11.5 Å². The molecule has 2 N–H and O–H groups in total. The standard InChI is InChI=1S/C12H14FNO2S/c1-7(12(14)17)4-8-5-10-11(6-9(8)13)16-3-2-15-10/h5-7H,2-4H2,1H3,(H2,14,17). The Morgan fingerprint density at radius 1 is 1.41 bits per heavy atom. The Bertz CT molecular complexity index is 450. The van der Waals surface area contributed by atoms with Crippen molar-refractivity contribution < 1.29 is 13.9 Å². The third-order valence-electron chi connectivity index (χ3n) is 2.72. The van der Waals surface area contributed by atoms with E-state index in [1.165, 1.54) is 6.07 Å². The van der Waals surface area contributed by atoms with E-state index < -0.39 is 0 Å². The molecule has 2 rings (SSSR count). The highest BCUT2D eigenvalue weighted by atomic mass is 32.1. The zero-order chi connectivity index (χ0) is 12.4. The van der Waals surface area contributed by atoms with E-state index in [2.05, 4.69) is 0 Å². The number of halogens is 1. The maximum atomic E-state index is 13.8. The van der Waals surface area contributed by atoms with E-state index in [1.54, 1.807) is 6.07 Å². The number of nitrogens with two attached hydrogens (primary N) is 1. The van der Waals surface area contributed by atoms with Gasteiger partial charge in [0.2, 0.25) is 0 Å². The normalized spacial score (nSPS) is 15.4. The number of hydrogen-bond acceptors (Lipinski definition) is 3. The molecule has 1 unspecified atom stereocenters. The van der Waals surface area contributed by atoms with Crippen LogP contribution >= 0.6 is 12.2 Å². The van der Waals surface area contributed by atoms with Crippen LogP contribution in [0.25, 0.3) is 0 Å². The third-order valence-corrected chi connectivity index (χ3v) is 3.13. The molecule has 1 aromatic carbocycles. The fourth-order valence-corrected chi connectivity index (χ4v) is 1.78. The zero-order valence-corrected chi connectivity index (χ0v) is 10.3. The van der Waals surface area contributed by atoms with Crippen molar-refractivity contribution in [1.29, 1.82) is 0 Å². The summed E-state index contributed by atoms with van der Waals surface area (Å²) >= 11 is 4.88. The Labute approximate surface area is 105 Å². The summed E-state index contributed by atoms with van der Waals surface area (Å²) in [6, 6.07) is 3.02. The van der Waals surface area contributed by atoms with E-state index in [1.807, 2.05) is 6.92 Å². The average Bonchev–Trinajstić information content (AvgIpc) is 2.29. The maximum Gasteiger partial charge on any atom is 0.164 e. The van der Waals surface area contributed by atoms with E-state index in [4.69, 9.17) is 27.4 Å². The lowest BCUT2D eigenvalue weighted by Gasteiger charge is -2.20. The number of rotatable bonds is 3. The minimum absolute atomic E-state index is 0.0398. The molecule has 0 spiro atoms. The Kier molecular flexibility index (Phi) is 3.47.